The molecule has 0 radical (unpaired) electrons. The van der Waals surface area contributed by atoms with Crippen molar-refractivity contribution in [3.8, 4) is 22.5 Å². The molecule has 4 heterocycles. The van der Waals surface area contributed by atoms with Crippen LogP contribution in [0.15, 0.2) is 60.9 Å². The summed E-state index contributed by atoms with van der Waals surface area (Å²) < 4.78 is 4.79. The van der Waals surface area contributed by atoms with Crippen molar-refractivity contribution in [3.63, 3.8) is 0 Å². The first-order valence-electron chi connectivity index (χ1n) is 20.3. The number of hydrogen-bond acceptors (Lipinski definition) is 7. The van der Waals surface area contributed by atoms with Gasteiger partial charge >= 0.3 is 12.2 Å². The zero-order valence-corrected chi connectivity index (χ0v) is 33.8. The molecule has 304 valence electrons. The van der Waals surface area contributed by atoms with Crippen LogP contribution in [0.5, 0.6) is 0 Å². The van der Waals surface area contributed by atoms with Crippen LogP contribution in [-0.4, -0.2) is 102 Å². The summed E-state index contributed by atoms with van der Waals surface area (Å²) in [5.41, 5.74) is 5.58. The van der Waals surface area contributed by atoms with E-state index >= 15 is 0 Å². The lowest BCUT2D eigenvalue weighted by Gasteiger charge is -2.35. The Morgan fingerprint density at radius 2 is 1.22 bits per heavy atom. The van der Waals surface area contributed by atoms with Crippen molar-refractivity contribution in [3.05, 3.63) is 83.7 Å². The summed E-state index contributed by atoms with van der Waals surface area (Å²) in [6, 6.07) is 14.8. The maximum atomic E-state index is 13.8. The predicted molar refractivity (Wildman–Crippen MR) is 218 cm³/mol. The molecule has 2 aliphatic heterocycles. The number of benzene rings is 2. The number of fused-ring (bicyclic) bond motifs is 2. The maximum absolute atomic E-state index is 13.8. The van der Waals surface area contributed by atoms with E-state index in [0.29, 0.717) is 11.8 Å². The number of H-pyrrole nitrogens is 2. The van der Waals surface area contributed by atoms with Gasteiger partial charge in [0.05, 0.1) is 30.6 Å². The quantitative estimate of drug-likeness (QED) is 0.111. The third kappa shape index (κ3) is 7.47. The van der Waals surface area contributed by atoms with Crippen LogP contribution in [0.4, 0.5) is 9.59 Å². The minimum Gasteiger partial charge on any atom is -0.465 e. The molecule has 2 aromatic heterocycles. The van der Waals surface area contributed by atoms with Gasteiger partial charge in [-0.15, -0.1) is 0 Å². The minimum absolute atomic E-state index is 0.0966. The largest absolute Gasteiger partial charge is 0.465 e. The molecule has 8 atom stereocenters. The fourth-order valence-electron chi connectivity index (χ4n) is 9.10. The molecule has 0 unspecified atom stereocenters. The standard InChI is InChI=1S/C44H52N8O6/c1-23(2)37(49-43(55)58-6)41(53)51-33-17-29(33)19-35(51)39-45-21-31(47-39)27-13-9-25(10-14-27)7-8-26-11-15-28(16-12-26)32-22-46-40(48-32)36-20-30-18-34(30)52(36)42(54)38(24(3)4)50(5)44(56)57/h7-16,21-24,29-30,33-38H,17-20H2,1-6H3,(H,45,47)(H,46,48)(H,49,55)(H,56,57)/b8-7+/t29-,30-,33-,34-,35+,36+,37+,38+/m1/s1. The van der Waals surface area contributed by atoms with Gasteiger partial charge in [0.25, 0.3) is 0 Å². The van der Waals surface area contributed by atoms with Gasteiger partial charge in [-0.3, -0.25) is 14.5 Å². The molecule has 4 fully saturated rings. The lowest BCUT2D eigenvalue weighted by Crippen LogP contribution is -2.52. The summed E-state index contributed by atoms with van der Waals surface area (Å²) in [6.45, 7) is 7.60. The highest BCUT2D eigenvalue weighted by molar-refractivity contribution is 5.88. The van der Waals surface area contributed by atoms with E-state index in [4.69, 9.17) is 14.7 Å². The van der Waals surface area contributed by atoms with Gasteiger partial charge in [-0.05, 0) is 60.5 Å². The first-order chi connectivity index (χ1) is 27.8. The number of nitrogens with zero attached hydrogens (tertiary/aromatic N) is 5. The third-order valence-electron chi connectivity index (χ3n) is 12.4. The van der Waals surface area contributed by atoms with Crippen molar-refractivity contribution in [1.82, 2.24) is 40.0 Å². The van der Waals surface area contributed by atoms with Crippen LogP contribution in [0.1, 0.15) is 88.2 Å². The van der Waals surface area contributed by atoms with Gasteiger partial charge in [-0.2, -0.15) is 0 Å². The van der Waals surface area contributed by atoms with Gasteiger partial charge in [-0.25, -0.2) is 19.6 Å². The number of aromatic amines is 2. The van der Waals surface area contributed by atoms with Gasteiger partial charge in [0.15, 0.2) is 0 Å². The first kappa shape index (κ1) is 38.9. The lowest BCUT2D eigenvalue weighted by molar-refractivity contribution is -0.140. The number of likely N-dealkylation sites (tertiary alicyclic amines) is 2. The summed E-state index contributed by atoms with van der Waals surface area (Å²) in [4.78, 5) is 72.8. The number of likely N-dealkylation sites (N-methyl/N-ethyl adjacent to an activating group) is 1. The molecule has 4 N–H and O–H groups in total. The van der Waals surface area contributed by atoms with Crippen molar-refractivity contribution in [2.45, 2.75) is 89.6 Å². The van der Waals surface area contributed by atoms with E-state index in [0.717, 1.165) is 75.9 Å². The van der Waals surface area contributed by atoms with Crippen LogP contribution in [0.25, 0.3) is 34.7 Å². The summed E-state index contributed by atoms with van der Waals surface area (Å²) in [7, 11) is 2.77. The first-order valence-corrected chi connectivity index (χ1v) is 20.3. The van der Waals surface area contributed by atoms with Crippen LogP contribution in [-0.2, 0) is 14.3 Å². The number of hydrogen-bond donors (Lipinski definition) is 4. The molecule has 14 nitrogen and oxygen atoms in total. The number of carbonyl (C=O) groups is 4. The number of carbonyl (C=O) groups excluding carboxylic acids is 3. The summed E-state index contributed by atoms with van der Waals surface area (Å²) >= 11 is 0. The Balaban J connectivity index is 0.899. The van der Waals surface area contributed by atoms with Gasteiger partial charge in [0.2, 0.25) is 11.8 Å². The third-order valence-corrected chi connectivity index (χ3v) is 12.4. The smallest absolute Gasteiger partial charge is 0.407 e. The molecular formula is C44H52N8O6. The summed E-state index contributed by atoms with van der Waals surface area (Å²) in [5.74, 6) is 1.84. The molecule has 2 saturated heterocycles. The van der Waals surface area contributed by atoms with Crippen molar-refractivity contribution >= 4 is 36.2 Å². The number of alkyl carbamates (subject to hydrolysis) is 1. The number of imidazole rings is 2. The Kier molecular flexibility index (Phi) is 10.4. The zero-order valence-electron chi connectivity index (χ0n) is 33.8. The molecule has 4 aromatic rings. The molecule has 8 rings (SSSR count). The lowest BCUT2D eigenvalue weighted by atomic mass is 10.0. The number of nitrogens with one attached hydrogen (secondary N) is 3. The number of amides is 4. The van der Waals surface area contributed by atoms with Crippen LogP contribution in [0.2, 0.25) is 0 Å². The van der Waals surface area contributed by atoms with Gasteiger partial charge in [-0.1, -0.05) is 88.4 Å². The van der Waals surface area contributed by atoms with Gasteiger partial charge in [0.1, 0.15) is 23.7 Å². The van der Waals surface area contributed by atoms with E-state index in [1.54, 1.807) is 0 Å². The number of piperidine rings is 2. The summed E-state index contributed by atoms with van der Waals surface area (Å²) in [6.07, 6.45) is 9.75. The van der Waals surface area contributed by atoms with Crippen molar-refractivity contribution in [2.24, 2.45) is 23.7 Å². The van der Waals surface area contributed by atoms with E-state index in [9.17, 15) is 24.3 Å². The van der Waals surface area contributed by atoms with Gasteiger partial charge in [0, 0.05) is 42.7 Å². The van der Waals surface area contributed by atoms with E-state index in [1.165, 1.54) is 14.2 Å². The molecule has 2 aliphatic carbocycles. The van der Waals surface area contributed by atoms with E-state index < -0.39 is 24.3 Å². The number of rotatable bonds is 12. The molecule has 14 heteroatoms. The Morgan fingerprint density at radius 1 is 0.759 bits per heavy atom. The van der Waals surface area contributed by atoms with Gasteiger partial charge < -0.3 is 34.9 Å². The monoisotopic (exact) mass is 788 g/mol. The molecule has 0 spiro atoms. The number of ether oxygens (including phenoxy) is 1. The second-order valence-corrected chi connectivity index (χ2v) is 17.0. The Bertz CT molecular complexity index is 2210. The zero-order chi connectivity index (χ0) is 41.0. The molecule has 0 bridgehead atoms. The fourth-order valence-corrected chi connectivity index (χ4v) is 9.10. The number of aromatic nitrogens is 4. The molecular weight excluding hydrogens is 737 g/mol. The summed E-state index contributed by atoms with van der Waals surface area (Å²) in [5, 5.41) is 12.4. The average molecular weight is 789 g/mol. The van der Waals surface area contributed by atoms with E-state index in [1.807, 2.05) is 86.3 Å². The number of methoxy groups -OCH3 is 1. The highest BCUT2D eigenvalue weighted by Crippen LogP contribution is 2.54. The number of carboxylic acid groups (broad SMARTS) is 1. The Morgan fingerprint density at radius 3 is 1.64 bits per heavy atom. The molecule has 2 aromatic carbocycles. The normalized spacial score (nSPS) is 24.1. The van der Waals surface area contributed by atoms with Crippen molar-refractivity contribution in [2.75, 3.05) is 14.2 Å². The SMILES string of the molecule is COC(=O)N[C@H](C(=O)N1[C@@H]2C[C@@H]2C[C@H]1c1nc(-c2ccc(/C=C/c3ccc(-c4c[nH]c([C@@H]5C[C@H]6C[C@H]6N5C(=O)[C@H](C(C)C)N(C)C(=O)O)n4)cc3)cc2)c[nH]1)C(C)C. The Hall–Kier alpha value is -5.92. The maximum Gasteiger partial charge on any atom is 0.407 e. The highest BCUT2D eigenvalue weighted by Gasteiger charge is 2.57. The van der Waals surface area contributed by atoms with E-state index in [-0.39, 0.29) is 47.8 Å². The highest BCUT2D eigenvalue weighted by atomic mass is 16.5. The van der Waals surface area contributed by atoms with Crippen LogP contribution < -0.4 is 5.32 Å². The van der Waals surface area contributed by atoms with Crippen LogP contribution in [0.3, 0.4) is 0 Å². The van der Waals surface area contributed by atoms with Crippen molar-refractivity contribution in [1.29, 1.82) is 0 Å². The fraction of sp³-hybridized carbons (Fsp3) is 0.455. The van der Waals surface area contributed by atoms with Crippen LogP contribution >= 0.6 is 0 Å². The predicted octanol–water partition coefficient (Wildman–Crippen LogP) is 6.98. The van der Waals surface area contributed by atoms with E-state index in [2.05, 4.69) is 39.6 Å². The molecule has 4 aliphatic rings. The second kappa shape index (κ2) is 15.4. The topological polar surface area (TPSA) is 177 Å². The Labute approximate surface area is 338 Å². The minimum atomic E-state index is -1.11. The molecule has 58 heavy (non-hydrogen) atoms. The molecule has 4 amide bonds. The van der Waals surface area contributed by atoms with Crippen LogP contribution in [0, 0.1) is 23.7 Å². The second-order valence-electron chi connectivity index (χ2n) is 17.0. The molecule has 2 saturated carbocycles. The van der Waals surface area contributed by atoms with Crippen molar-refractivity contribution < 1.29 is 29.0 Å². The average Bonchev–Trinajstić information content (AvgIpc) is 3.79.